The summed E-state index contributed by atoms with van der Waals surface area (Å²) in [6.45, 7) is 2.71. The van der Waals surface area contributed by atoms with Gasteiger partial charge < -0.3 is 10.5 Å². The van der Waals surface area contributed by atoms with E-state index in [0.29, 0.717) is 12.5 Å². The van der Waals surface area contributed by atoms with Gasteiger partial charge in [0.1, 0.15) is 12.4 Å². The lowest BCUT2D eigenvalue weighted by atomic mass is 10.2. The number of hydrogen-bond donors (Lipinski definition) is 1. The molecular formula is C12H17NO. The quantitative estimate of drug-likeness (QED) is 0.791. The highest BCUT2D eigenvalue weighted by Crippen LogP contribution is 2.31. The summed E-state index contributed by atoms with van der Waals surface area (Å²) in [6, 6.07) is 8.31. The lowest BCUT2D eigenvalue weighted by molar-refractivity contribution is 0.276. The lowest BCUT2D eigenvalue weighted by Gasteiger charge is -2.12. The maximum Gasteiger partial charge on any atom is 0.119 e. The van der Waals surface area contributed by atoms with Crippen LogP contribution in [0.4, 0.5) is 0 Å². The molecule has 2 N–H and O–H groups in total. The highest BCUT2D eigenvalue weighted by Gasteiger charge is 2.28. The van der Waals surface area contributed by atoms with Crippen LogP contribution in [0.3, 0.4) is 0 Å². The van der Waals surface area contributed by atoms with Crippen molar-refractivity contribution in [2.24, 2.45) is 11.7 Å². The predicted molar refractivity (Wildman–Crippen MR) is 57.4 cm³/mol. The van der Waals surface area contributed by atoms with E-state index < -0.39 is 0 Å². The Hall–Kier alpha value is -1.02. The van der Waals surface area contributed by atoms with E-state index in [-0.39, 0.29) is 6.04 Å². The number of nitrogens with two attached hydrogens (primary N) is 1. The standard InChI is InChI=1S/C12H17NO/c1-9-3-2-4-11(7-9)14-8-12(13)10-5-6-10/h2-4,7,10,12H,5-6,8,13H2,1H3. The van der Waals surface area contributed by atoms with Gasteiger partial charge in [0.2, 0.25) is 0 Å². The Kier molecular flexibility index (Phi) is 2.73. The van der Waals surface area contributed by atoms with Crippen LogP contribution in [0.2, 0.25) is 0 Å². The first-order valence-corrected chi connectivity index (χ1v) is 5.21. The molecule has 0 bridgehead atoms. The molecule has 0 aromatic heterocycles. The van der Waals surface area contributed by atoms with Crippen LogP contribution in [0.25, 0.3) is 0 Å². The van der Waals surface area contributed by atoms with E-state index >= 15 is 0 Å². The Balaban J connectivity index is 1.84. The van der Waals surface area contributed by atoms with Gasteiger partial charge in [0.05, 0.1) is 0 Å². The van der Waals surface area contributed by atoms with Gasteiger partial charge in [-0.1, -0.05) is 12.1 Å². The summed E-state index contributed by atoms with van der Waals surface area (Å²) in [5.74, 6) is 1.64. The number of ether oxygens (including phenoxy) is 1. The van der Waals surface area contributed by atoms with Gasteiger partial charge in [-0.3, -0.25) is 0 Å². The van der Waals surface area contributed by atoms with Crippen molar-refractivity contribution in [3.8, 4) is 5.75 Å². The molecule has 1 aliphatic carbocycles. The first-order valence-electron chi connectivity index (χ1n) is 5.21. The van der Waals surface area contributed by atoms with Crippen LogP contribution in [0.5, 0.6) is 5.75 Å². The monoisotopic (exact) mass is 191 g/mol. The maximum absolute atomic E-state index is 5.94. The Morgan fingerprint density at radius 2 is 2.29 bits per heavy atom. The molecule has 1 unspecified atom stereocenters. The van der Waals surface area contributed by atoms with Gasteiger partial charge >= 0.3 is 0 Å². The second kappa shape index (κ2) is 4.01. The zero-order valence-corrected chi connectivity index (χ0v) is 8.57. The second-order valence-corrected chi connectivity index (χ2v) is 4.13. The van der Waals surface area contributed by atoms with E-state index in [9.17, 15) is 0 Å². The molecule has 1 aliphatic rings. The minimum Gasteiger partial charge on any atom is -0.492 e. The summed E-state index contributed by atoms with van der Waals surface area (Å²) in [5, 5.41) is 0. The van der Waals surface area contributed by atoms with E-state index in [1.54, 1.807) is 0 Å². The third kappa shape index (κ3) is 2.48. The summed E-state index contributed by atoms with van der Waals surface area (Å²) in [7, 11) is 0. The van der Waals surface area contributed by atoms with Crippen molar-refractivity contribution < 1.29 is 4.74 Å². The molecule has 76 valence electrons. The number of rotatable bonds is 4. The van der Waals surface area contributed by atoms with E-state index in [0.717, 1.165) is 5.75 Å². The van der Waals surface area contributed by atoms with Crippen LogP contribution in [-0.4, -0.2) is 12.6 Å². The molecule has 2 heteroatoms. The van der Waals surface area contributed by atoms with Crippen molar-refractivity contribution in [3.63, 3.8) is 0 Å². The topological polar surface area (TPSA) is 35.2 Å². The fourth-order valence-corrected chi connectivity index (χ4v) is 1.56. The smallest absolute Gasteiger partial charge is 0.119 e. The summed E-state index contributed by atoms with van der Waals surface area (Å²) in [4.78, 5) is 0. The van der Waals surface area contributed by atoms with Gasteiger partial charge in [0.15, 0.2) is 0 Å². The van der Waals surface area contributed by atoms with Gasteiger partial charge in [-0.05, 0) is 43.4 Å². The molecule has 0 saturated heterocycles. The Labute approximate surface area is 85.1 Å². The molecule has 14 heavy (non-hydrogen) atoms. The molecular weight excluding hydrogens is 174 g/mol. The van der Waals surface area contributed by atoms with Gasteiger partial charge in [0, 0.05) is 6.04 Å². The van der Waals surface area contributed by atoms with Gasteiger partial charge in [-0.25, -0.2) is 0 Å². The van der Waals surface area contributed by atoms with Crippen molar-refractivity contribution in [2.45, 2.75) is 25.8 Å². The normalized spacial score (nSPS) is 17.9. The van der Waals surface area contributed by atoms with Crippen LogP contribution in [0.1, 0.15) is 18.4 Å². The summed E-state index contributed by atoms with van der Waals surface area (Å²) >= 11 is 0. The molecule has 1 aromatic rings. The molecule has 1 saturated carbocycles. The van der Waals surface area contributed by atoms with Gasteiger partial charge in [-0.2, -0.15) is 0 Å². The molecule has 2 nitrogen and oxygen atoms in total. The molecule has 1 aromatic carbocycles. The highest BCUT2D eigenvalue weighted by atomic mass is 16.5. The molecule has 0 radical (unpaired) electrons. The van der Waals surface area contributed by atoms with Crippen LogP contribution in [-0.2, 0) is 0 Å². The molecule has 0 amide bonds. The van der Waals surface area contributed by atoms with Crippen LogP contribution < -0.4 is 10.5 Å². The average molecular weight is 191 g/mol. The third-order valence-corrected chi connectivity index (χ3v) is 2.66. The molecule has 1 fully saturated rings. The van der Waals surface area contributed by atoms with Crippen molar-refractivity contribution in [1.29, 1.82) is 0 Å². The van der Waals surface area contributed by atoms with E-state index in [1.807, 2.05) is 18.2 Å². The van der Waals surface area contributed by atoms with Crippen molar-refractivity contribution in [3.05, 3.63) is 29.8 Å². The first kappa shape index (κ1) is 9.53. The molecule has 0 aliphatic heterocycles. The Morgan fingerprint density at radius 3 is 2.93 bits per heavy atom. The first-order chi connectivity index (χ1) is 6.75. The molecule has 2 rings (SSSR count). The number of hydrogen-bond acceptors (Lipinski definition) is 2. The summed E-state index contributed by atoms with van der Waals surface area (Å²) in [6.07, 6.45) is 2.55. The molecule has 0 heterocycles. The molecule has 0 spiro atoms. The zero-order chi connectivity index (χ0) is 9.97. The minimum absolute atomic E-state index is 0.218. The lowest BCUT2D eigenvalue weighted by Crippen LogP contribution is -2.29. The van der Waals surface area contributed by atoms with Crippen LogP contribution in [0.15, 0.2) is 24.3 Å². The van der Waals surface area contributed by atoms with E-state index in [4.69, 9.17) is 10.5 Å². The fraction of sp³-hybridized carbons (Fsp3) is 0.500. The molecule has 1 atom stereocenters. The van der Waals surface area contributed by atoms with Crippen LogP contribution >= 0.6 is 0 Å². The fourth-order valence-electron chi connectivity index (χ4n) is 1.56. The van der Waals surface area contributed by atoms with Gasteiger partial charge in [0.25, 0.3) is 0 Å². The maximum atomic E-state index is 5.94. The SMILES string of the molecule is Cc1cccc(OCC(N)C2CC2)c1. The number of benzene rings is 1. The third-order valence-electron chi connectivity index (χ3n) is 2.66. The zero-order valence-electron chi connectivity index (χ0n) is 8.57. The van der Waals surface area contributed by atoms with E-state index in [2.05, 4.69) is 13.0 Å². The van der Waals surface area contributed by atoms with Crippen molar-refractivity contribution in [2.75, 3.05) is 6.61 Å². The van der Waals surface area contributed by atoms with Crippen molar-refractivity contribution >= 4 is 0 Å². The largest absolute Gasteiger partial charge is 0.492 e. The van der Waals surface area contributed by atoms with Crippen LogP contribution in [0, 0.1) is 12.8 Å². The summed E-state index contributed by atoms with van der Waals surface area (Å²) in [5.41, 5.74) is 7.16. The second-order valence-electron chi connectivity index (χ2n) is 4.13. The predicted octanol–water partition coefficient (Wildman–Crippen LogP) is 2.11. The van der Waals surface area contributed by atoms with Gasteiger partial charge in [-0.15, -0.1) is 0 Å². The highest BCUT2D eigenvalue weighted by molar-refractivity contribution is 5.27. The average Bonchev–Trinajstić information content (AvgIpc) is 2.97. The van der Waals surface area contributed by atoms with Crippen molar-refractivity contribution in [1.82, 2.24) is 0 Å². The Bertz CT molecular complexity index is 307. The van der Waals surface area contributed by atoms with E-state index in [1.165, 1.54) is 18.4 Å². The minimum atomic E-state index is 0.218. The number of aryl methyl sites for hydroxylation is 1. The Morgan fingerprint density at radius 1 is 1.50 bits per heavy atom. The summed E-state index contributed by atoms with van der Waals surface area (Å²) < 4.78 is 5.62.